The first-order chi connectivity index (χ1) is 10.8. The maximum atomic E-state index is 4.10. The standard InChI is InChI=1S/C19H23N3/c1-21(18-6-9-20-10-7-18)19-5-4-16-8-11-22(13-15-2-3-15)14-17(16)12-19/h4-7,9-10,12,15H,2-3,8,11,13-14H2,1H3. The lowest BCUT2D eigenvalue weighted by atomic mass is 9.98. The Balaban J connectivity index is 1.55. The van der Waals surface area contributed by atoms with Gasteiger partial charge in [0.15, 0.2) is 0 Å². The fourth-order valence-corrected chi connectivity index (χ4v) is 3.35. The zero-order chi connectivity index (χ0) is 14.9. The molecule has 4 rings (SSSR count). The summed E-state index contributed by atoms with van der Waals surface area (Å²) in [5, 5.41) is 0. The first-order valence-electron chi connectivity index (χ1n) is 8.27. The van der Waals surface area contributed by atoms with Crippen LogP contribution in [0.25, 0.3) is 0 Å². The lowest BCUT2D eigenvalue weighted by Crippen LogP contribution is -2.32. The van der Waals surface area contributed by atoms with Crippen LogP contribution in [0.5, 0.6) is 0 Å². The van der Waals surface area contributed by atoms with Crippen LogP contribution in [0.15, 0.2) is 42.7 Å². The molecule has 1 fully saturated rings. The van der Waals surface area contributed by atoms with E-state index < -0.39 is 0 Å². The van der Waals surface area contributed by atoms with Crippen molar-refractivity contribution in [3.63, 3.8) is 0 Å². The fraction of sp³-hybridized carbons (Fsp3) is 0.421. The Morgan fingerprint density at radius 2 is 1.91 bits per heavy atom. The molecule has 0 saturated heterocycles. The Morgan fingerprint density at radius 3 is 2.68 bits per heavy atom. The summed E-state index contributed by atoms with van der Waals surface area (Å²) in [7, 11) is 2.13. The molecule has 1 aromatic carbocycles. The highest BCUT2D eigenvalue weighted by Crippen LogP contribution is 2.33. The molecular weight excluding hydrogens is 270 g/mol. The SMILES string of the molecule is CN(c1ccncc1)c1ccc2c(c1)CN(CC1CC1)CC2. The van der Waals surface area contributed by atoms with Crippen LogP contribution in [0.1, 0.15) is 24.0 Å². The van der Waals surface area contributed by atoms with Crippen molar-refractivity contribution >= 4 is 11.4 Å². The summed E-state index contributed by atoms with van der Waals surface area (Å²) in [5.74, 6) is 0.976. The summed E-state index contributed by atoms with van der Waals surface area (Å²) in [4.78, 5) is 8.97. The number of rotatable bonds is 4. The number of hydrogen-bond donors (Lipinski definition) is 0. The molecule has 0 bridgehead atoms. The third-order valence-corrected chi connectivity index (χ3v) is 4.93. The topological polar surface area (TPSA) is 19.4 Å². The van der Waals surface area contributed by atoms with Gasteiger partial charge in [-0.05, 0) is 60.6 Å². The second-order valence-corrected chi connectivity index (χ2v) is 6.65. The fourth-order valence-electron chi connectivity index (χ4n) is 3.35. The van der Waals surface area contributed by atoms with Crippen LogP contribution in [-0.2, 0) is 13.0 Å². The number of fused-ring (bicyclic) bond motifs is 1. The van der Waals surface area contributed by atoms with Crippen LogP contribution in [-0.4, -0.2) is 30.0 Å². The van der Waals surface area contributed by atoms with Gasteiger partial charge in [-0.3, -0.25) is 9.88 Å². The molecule has 0 amide bonds. The quantitative estimate of drug-likeness (QED) is 0.858. The minimum atomic E-state index is 0.976. The van der Waals surface area contributed by atoms with Crippen molar-refractivity contribution < 1.29 is 0 Å². The average molecular weight is 293 g/mol. The van der Waals surface area contributed by atoms with E-state index >= 15 is 0 Å². The van der Waals surface area contributed by atoms with Crippen LogP contribution >= 0.6 is 0 Å². The molecule has 22 heavy (non-hydrogen) atoms. The summed E-state index contributed by atoms with van der Waals surface area (Å²) in [6.45, 7) is 3.64. The third kappa shape index (κ3) is 2.86. The molecule has 1 saturated carbocycles. The van der Waals surface area contributed by atoms with Crippen LogP contribution in [0.3, 0.4) is 0 Å². The smallest absolute Gasteiger partial charge is 0.0438 e. The zero-order valence-electron chi connectivity index (χ0n) is 13.2. The molecule has 1 aliphatic heterocycles. The zero-order valence-corrected chi connectivity index (χ0v) is 13.2. The lowest BCUT2D eigenvalue weighted by molar-refractivity contribution is 0.244. The van der Waals surface area contributed by atoms with E-state index in [9.17, 15) is 0 Å². The first-order valence-corrected chi connectivity index (χ1v) is 8.27. The van der Waals surface area contributed by atoms with Crippen LogP contribution in [0.4, 0.5) is 11.4 Å². The highest BCUT2D eigenvalue weighted by atomic mass is 15.1. The molecule has 0 atom stereocenters. The highest BCUT2D eigenvalue weighted by Gasteiger charge is 2.26. The van der Waals surface area contributed by atoms with Gasteiger partial charge in [-0.25, -0.2) is 0 Å². The normalized spacial score (nSPS) is 18.0. The molecule has 2 aliphatic rings. The summed E-state index contributed by atoms with van der Waals surface area (Å²) in [6.07, 6.45) is 7.77. The summed E-state index contributed by atoms with van der Waals surface area (Å²) < 4.78 is 0. The van der Waals surface area contributed by atoms with Crippen molar-refractivity contribution in [2.45, 2.75) is 25.8 Å². The average Bonchev–Trinajstić information content (AvgIpc) is 3.38. The maximum Gasteiger partial charge on any atom is 0.0438 e. The van der Waals surface area contributed by atoms with Crippen molar-refractivity contribution in [3.05, 3.63) is 53.9 Å². The second-order valence-electron chi connectivity index (χ2n) is 6.65. The van der Waals surface area contributed by atoms with Gasteiger partial charge < -0.3 is 4.90 Å². The van der Waals surface area contributed by atoms with Gasteiger partial charge in [0.1, 0.15) is 0 Å². The number of anilines is 2. The van der Waals surface area contributed by atoms with Crippen molar-refractivity contribution in [1.29, 1.82) is 0 Å². The van der Waals surface area contributed by atoms with Gasteiger partial charge >= 0.3 is 0 Å². The predicted molar refractivity (Wildman–Crippen MR) is 90.4 cm³/mol. The van der Waals surface area contributed by atoms with Gasteiger partial charge in [-0.1, -0.05) is 6.07 Å². The molecular formula is C19H23N3. The van der Waals surface area contributed by atoms with E-state index in [1.165, 1.54) is 54.9 Å². The molecule has 2 aromatic rings. The maximum absolute atomic E-state index is 4.10. The summed E-state index contributed by atoms with van der Waals surface area (Å²) in [5.41, 5.74) is 5.48. The van der Waals surface area contributed by atoms with Crippen LogP contribution < -0.4 is 4.90 Å². The minimum Gasteiger partial charge on any atom is -0.345 e. The van der Waals surface area contributed by atoms with Gasteiger partial charge in [0.05, 0.1) is 0 Å². The minimum absolute atomic E-state index is 0.976. The number of hydrogen-bond acceptors (Lipinski definition) is 3. The monoisotopic (exact) mass is 293 g/mol. The van der Waals surface area contributed by atoms with Crippen LogP contribution in [0, 0.1) is 5.92 Å². The van der Waals surface area contributed by atoms with E-state index in [-0.39, 0.29) is 0 Å². The highest BCUT2D eigenvalue weighted by molar-refractivity contribution is 5.63. The first kappa shape index (κ1) is 13.8. The Morgan fingerprint density at radius 1 is 1.09 bits per heavy atom. The van der Waals surface area contributed by atoms with Crippen LogP contribution in [0.2, 0.25) is 0 Å². The summed E-state index contributed by atoms with van der Waals surface area (Å²) in [6, 6.07) is 11.0. The van der Waals surface area contributed by atoms with E-state index in [1.54, 1.807) is 0 Å². The van der Waals surface area contributed by atoms with E-state index in [2.05, 4.69) is 52.2 Å². The van der Waals surface area contributed by atoms with Crippen molar-refractivity contribution in [2.75, 3.05) is 25.0 Å². The second kappa shape index (κ2) is 5.73. The Labute approximate surface area is 132 Å². The Hall–Kier alpha value is -1.87. The molecule has 0 radical (unpaired) electrons. The lowest BCUT2D eigenvalue weighted by Gasteiger charge is -2.30. The number of pyridine rings is 1. The molecule has 2 heterocycles. The van der Waals surface area contributed by atoms with Gasteiger partial charge in [-0.15, -0.1) is 0 Å². The van der Waals surface area contributed by atoms with Crippen molar-refractivity contribution in [1.82, 2.24) is 9.88 Å². The van der Waals surface area contributed by atoms with Gasteiger partial charge in [0, 0.05) is 50.5 Å². The van der Waals surface area contributed by atoms with Gasteiger partial charge in [0.25, 0.3) is 0 Å². The van der Waals surface area contributed by atoms with Gasteiger partial charge in [-0.2, -0.15) is 0 Å². The Kier molecular flexibility index (Phi) is 3.59. The molecule has 0 unspecified atom stereocenters. The molecule has 3 nitrogen and oxygen atoms in total. The predicted octanol–water partition coefficient (Wildman–Crippen LogP) is 3.62. The number of nitrogens with zero attached hydrogens (tertiary/aromatic N) is 3. The van der Waals surface area contributed by atoms with Crippen molar-refractivity contribution in [3.8, 4) is 0 Å². The summed E-state index contributed by atoms with van der Waals surface area (Å²) >= 11 is 0. The molecule has 0 N–H and O–H groups in total. The molecule has 1 aromatic heterocycles. The molecule has 0 spiro atoms. The molecule has 1 aliphatic carbocycles. The third-order valence-electron chi connectivity index (χ3n) is 4.93. The molecule has 3 heteroatoms. The van der Waals surface area contributed by atoms with E-state index in [4.69, 9.17) is 0 Å². The van der Waals surface area contributed by atoms with E-state index in [0.29, 0.717) is 0 Å². The number of benzene rings is 1. The van der Waals surface area contributed by atoms with Gasteiger partial charge in [0.2, 0.25) is 0 Å². The van der Waals surface area contributed by atoms with Crippen molar-refractivity contribution in [2.24, 2.45) is 5.92 Å². The number of aromatic nitrogens is 1. The van der Waals surface area contributed by atoms with E-state index in [0.717, 1.165) is 12.5 Å². The largest absolute Gasteiger partial charge is 0.345 e. The molecule has 114 valence electrons. The van der Waals surface area contributed by atoms with E-state index in [1.807, 2.05) is 12.4 Å². The Bertz CT molecular complexity index is 649.